The van der Waals surface area contributed by atoms with Gasteiger partial charge >= 0.3 is 5.97 Å². The summed E-state index contributed by atoms with van der Waals surface area (Å²) < 4.78 is 18.0. The molecule has 0 aromatic carbocycles. The van der Waals surface area contributed by atoms with E-state index < -0.39 is 30.7 Å². The first-order chi connectivity index (χ1) is 27.8. The molecule has 7 nitrogen and oxygen atoms in total. The van der Waals surface area contributed by atoms with Crippen LogP contribution in [0.2, 0.25) is 0 Å². The van der Waals surface area contributed by atoms with Crippen molar-refractivity contribution in [2.24, 2.45) is 46.3 Å². The molecule has 0 aromatic heterocycles. The molecule has 13 unspecified atom stereocenters. The van der Waals surface area contributed by atoms with Crippen LogP contribution in [0.25, 0.3) is 0 Å². The van der Waals surface area contributed by atoms with E-state index in [2.05, 4.69) is 60.6 Å². The number of rotatable bonds is 23. The summed E-state index contributed by atoms with van der Waals surface area (Å²) in [6, 6.07) is 0. The summed E-state index contributed by atoms with van der Waals surface area (Å²) in [7, 11) is 0. The fourth-order valence-corrected chi connectivity index (χ4v) is 13.0. The molecule has 1 aliphatic heterocycles. The average Bonchev–Trinajstić information content (AvgIpc) is 3.56. The third-order valence-corrected chi connectivity index (χ3v) is 16.7. The average molecular weight is 813 g/mol. The van der Waals surface area contributed by atoms with Crippen molar-refractivity contribution in [1.29, 1.82) is 0 Å². The van der Waals surface area contributed by atoms with E-state index in [-0.39, 0.29) is 24.1 Å². The first-order valence-corrected chi connectivity index (χ1v) is 24.7. The lowest BCUT2D eigenvalue weighted by Gasteiger charge is -2.58. The van der Waals surface area contributed by atoms with Gasteiger partial charge in [0.15, 0.2) is 6.29 Å². The number of aliphatic hydroxyl groups excluding tert-OH is 3. The summed E-state index contributed by atoms with van der Waals surface area (Å²) in [6.07, 6.45) is 26.9. The Labute approximate surface area is 354 Å². The van der Waals surface area contributed by atoms with Crippen LogP contribution in [0.1, 0.15) is 203 Å². The number of ether oxygens (including phenoxy) is 3. The van der Waals surface area contributed by atoms with Crippen LogP contribution in [-0.4, -0.2) is 64.7 Å². The highest BCUT2D eigenvalue weighted by Gasteiger charge is 2.59. The Balaban J connectivity index is 1.04. The Hall–Kier alpha value is -1.25. The van der Waals surface area contributed by atoms with Crippen LogP contribution in [0.5, 0.6) is 0 Å². The van der Waals surface area contributed by atoms with Crippen molar-refractivity contribution in [3.8, 4) is 0 Å². The van der Waals surface area contributed by atoms with Crippen LogP contribution < -0.4 is 0 Å². The second-order valence-corrected chi connectivity index (χ2v) is 20.7. The van der Waals surface area contributed by atoms with Crippen LogP contribution in [0.3, 0.4) is 0 Å². The zero-order valence-electron chi connectivity index (χ0n) is 38.2. The molecule has 5 rings (SSSR count). The van der Waals surface area contributed by atoms with Gasteiger partial charge < -0.3 is 29.5 Å². The van der Waals surface area contributed by atoms with E-state index in [1.165, 1.54) is 108 Å². The first-order valence-electron chi connectivity index (χ1n) is 24.7. The van der Waals surface area contributed by atoms with Crippen molar-refractivity contribution in [3.63, 3.8) is 0 Å². The number of carbonyl (C=O) groups is 1. The molecule has 0 aromatic rings. The number of hydrogen-bond donors (Lipinski definition) is 3. The Morgan fingerprint density at radius 2 is 1.48 bits per heavy atom. The highest BCUT2D eigenvalue weighted by molar-refractivity contribution is 5.69. The Morgan fingerprint density at radius 1 is 0.828 bits per heavy atom. The predicted octanol–water partition coefficient (Wildman–Crippen LogP) is 11.8. The maximum absolute atomic E-state index is 12.6. The molecule has 3 N–H and O–H groups in total. The number of unbranched alkanes of at least 4 members (excludes halogenated alkanes) is 12. The molecule has 0 spiro atoms. The molecule has 0 amide bonds. The summed E-state index contributed by atoms with van der Waals surface area (Å²) in [5.41, 5.74) is 3.71. The van der Waals surface area contributed by atoms with Gasteiger partial charge in [0.2, 0.25) is 0 Å². The highest BCUT2D eigenvalue weighted by Crippen LogP contribution is 2.67. The molecule has 5 aliphatic rings. The van der Waals surface area contributed by atoms with Crippen molar-refractivity contribution in [3.05, 3.63) is 23.3 Å². The molecule has 4 aliphatic carbocycles. The third-order valence-electron chi connectivity index (χ3n) is 16.7. The lowest BCUT2D eigenvalue weighted by Crippen LogP contribution is -2.60. The molecule has 3 saturated carbocycles. The van der Waals surface area contributed by atoms with E-state index in [0.29, 0.717) is 23.7 Å². The van der Waals surface area contributed by atoms with Gasteiger partial charge in [0.25, 0.3) is 0 Å². The van der Waals surface area contributed by atoms with Gasteiger partial charge in [-0.1, -0.05) is 142 Å². The number of esters is 1. The molecule has 0 bridgehead atoms. The highest BCUT2D eigenvalue weighted by atomic mass is 16.7. The molecular formula is C51H88O7. The number of aliphatic hydroxyl groups is 3. The molecule has 58 heavy (non-hydrogen) atoms. The van der Waals surface area contributed by atoms with Gasteiger partial charge in [-0.3, -0.25) is 4.79 Å². The van der Waals surface area contributed by atoms with Crippen molar-refractivity contribution in [2.45, 2.75) is 239 Å². The lowest BCUT2D eigenvalue weighted by atomic mass is 9.47. The Kier molecular flexibility index (Phi) is 18.7. The molecule has 4 fully saturated rings. The Bertz CT molecular complexity index is 1310. The molecule has 1 heterocycles. The molecule has 7 heteroatoms. The summed E-state index contributed by atoms with van der Waals surface area (Å²) in [5, 5.41) is 32.5. The predicted molar refractivity (Wildman–Crippen MR) is 235 cm³/mol. The van der Waals surface area contributed by atoms with Crippen molar-refractivity contribution < 1.29 is 34.3 Å². The fourth-order valence-electron chi connectivity index (χ4n) is 13.0. The quantitative estimate of drug-likeness (QED) is 0.0536. The Morgan fingerprint density at radius 3 is 2.12 bits per heavy atom. The second-order valence-electron chi connectivity index (χ2n) is 20.7. The summed E-state index contributed by atoms with van der Waals surface area (Å²) >= 11 is 0. The molecular weight excluding hydrogens is 725 g/mol. The number of hydrogen-bond acceptors (Lipinski definition) is 7. The lowest BCUT2D eigenvalue weighted by molar-refractivity contribution is -0.313. The smallest absolute Gasteiger partial charge is 0.305 e. The molecule has 0 radical (unpaired) electrons. The topological polar surface area (TPSA) is 105 Å². The third kappa shape index (κ3) is 11.8. The maximum Gasteiger partial charge on any atom is 0.305 e. The first kappa shape index (κ1) is 47.8. The number of fused-ring (bicyclic) bond motifs is 5. The minimum atomic E-state index is -1.44. The van der Waals surface area contributed by atoms with Gasteiger partial charge in [-0.15, -0.1) is 0 Å². The second kappa shape index (κ2) is 22.7. The van der Waals surface area contributed by atoms with Crippen LogP contribution in [-0.2, 0) is 19.0 Å². The van der Waals surface area contributed by atoms with E-state index in [9.17, 15) is 20.1 Å². The van der Waals surface area contributed by atoms with Gasteiger partial charge in [-0.25, -0.2) is 0 Å². The SMILES string of the molecule is CC=C(CCC(C)C1CCC2C3CC=C4CC(OC5OC(COC(=O)CCCCCCCCCCCCCCC)C(O)C(O)C5O)CCC4(C)C3CCC12C)C(C)C. The number of allylic oxidation sites excluding steroid dienone is 3. The van der Waals surface area contributed by atoms with Gasteiger partial charge in [0.1, 0.15) is 31.0 Å². The van der Waals surface area contributed by atoms with Crippen molar-refractivity contribution >= 4 is 5.97 Å². The zero-order valence-corrected chi connectivity index (χ0v) is 38.2. The van der Waals surface area contributed by atoms with Gasteiger partial charge in [0, 0.05) is 6.42 Å². The van der Waals surface area contributed by atoms with Crippen LogP contribution in [0.15, 0.2) is 23.3 Å². The minimum Gasteiger partial charge on any atom is -0.463 e. The van der Waals surface area contributed by atoms with E-state index >= 15 is 0 Å². The molecule has 334 valence electrons. The van der Waals surface area contributed by atoms with Crippen LogP contribution >= 0.6 is 0 Å². The molecule has 1 saturated heterocycles. The van der Waals surface area contributed by atoms with Crippen LogP contribution in [0.4, 0.5) is 0 Å². The van der Waals surface area contributed by atoms with Gasteiger partial charge in [0.05, 0.1) is 6.10 Å². The van der Waals surface area contributed by atoms with E-state index in [1.807, 2.05) is 0 Å². The maximum atomic E-state index is 12.6. The minimum absolute atomic E-state index is 0.143. The summed E-state index contributed by atoms with van der Waals surface area (Å²) in [6.45, 7) is 16.7. The molecule has 13 atom stereocenters. The zero-order chi connectivity index (χ0) is 41.9. The monoisotopic (exact) mass is 813 g/mol. The largest absolute Gasteiger partial charge is 0.463 e. The van der Waals surface area contributed by atoms with Crippen LogP contribution in [0, 0.1) is 46.3 Å². The normalized spacial score (nSPS) is 36.9. The van der Waals surface area contributed by atoms with E-state index in [1.54, 1.807) is 5.57 Å². The fraction of sp³-hybridized carbons (Fsp3) is 0.902. The van der Waals surface area contributed by atoms with E-state index in [0.717, 1.165) is 68.6 Å². The van der Waals surface area contributed by atoms with Crippen molar-refractivity contribution in [2.75, 3.05) is 6.61 Å². The van der Waals surface area contributed by atoms with Crippen molar-refractivity contribution in [1.82, 2.24) is 0 Å². The number of carbonyl (C=O) groups excluding carboxylic acids is 1. The standard InChI is InChI=1S/C51H88O7/c1-8-10-11-12-13-14-15-16-17-18-19-20-21-22-45(52)56-34-44-46(53)47(54)48(55)49(58-44)57-39-29-31-50(6)38(33-39)25-26-40-42-28-27-41(51(42,7)32-30-43(40)50)36(5)23-24-37(9-2)35(3)4/h9,25,35-36,39-44,46-49,53-55H,8,10-24,26-34H2,1-7H3. The van der Waals surface area contributed by atoms with Gasteiger partial charge in [-0.2, -0.15) is 0 Å². The summed E-state index contributed by atoms with van der Waals surface area (Å²) in [4.78, 5) is 12.6. The van der Waals surface area contributed by atoms with E-state index in [4.69, 9.17) is 14.2 Å². The summed E-state index contributed by atoms with van der Waals surface area (Å²) in [5.74, 6) is 4.14. The van der Waals surface area contributed by atoms with Gasteiger partial charge in [-0.05, 0) is 124 Å².